The van der Waals surface area contributed by atoms with E-state index < -0.39 is 11.6 Å². The van der Waals surface area contributed by atoms with Gasteiger partial charge in [-0.2, -0.15) is 0 Å². The van der Waals surface area contributed by atoms with Crippen LogP contribution in [0.4, 0.5) is 8.78 Å². The van der Waals surface area contributed by atoms with E-state index in [0.29, 0.717) is 0 Å². The Labute approximate surface area is 75.8 Å². The van der Waals surface area contributed by atoms with Gasteiger partial charge in [-0.3, -0.25) is 0 Å². The highest BCUT2D eigenvalue weighted by molar-refractivity contribution is 5.21. The fraction of sp³-hybridized carbons (Fsp3) is 0.400. The normalized spacial score (nSPS) is 22.2. The monoisotopic (exact) mass is 183 g/mol. The van der Waals surface area contributed by atoms with Crippen LogP contribution in [0.1, 0.15) is 24.4 Å². The Balaban J connectivity index is 2.25. The molecule has 0 saturated carbocycles. The zero-order chi connectivity index (χ0) is 9.26. The van der Waals surface area contributed by atoms with Gasteiger partial charge in [0.2, 0.25) is 0 Å². The minimum absolute atomic E-state index is 0.204. The van der Waals surface area contributed by atoms with Crippen LogP contribution in [0.25, 0.3) is 0 Å². The average Bonchev–Trinajstić information content (AvgIpc) is 2.62. The molecule has 1 N–H and O–H groups in total. The Bertz CT molecular complexity index is 306. The Kier molecular flexibility index (Phi) is 2.27. The molecule has 1 fully saturated rings. The summed E-state index contributed by atoms with van der Waals surface area (Å²) in [6.07, 6.45) is 2.11. The number of halogens is 2. The highest BCUT2D eigenvalue weighted by Crippen LogP contribution is 2.23. The summed E-state index contributed by atoms with van der Waals surface area (Å²) in [4.78, 5) is 0. The van der Waals surface area contributed by atoms with E-state index in [1.807, 2.05) is 0 Å². The van der Waals surface area contributed by atoms with E-state index in [-0.39, 0.29) is 6.04 Å². The van der Waals surface area contributed by atoms with Gasteiger partial charge in [0, 0.05) is 6.04 Å². The average molecular weight is 183 g/mol. The minimum Gasteiger partial charge on any atom is -0.310 e. The van der Waals surface area contributed by atoms with E-state index in [9.17, 15) is 8.78 Å². The molecule has 1 aliphatic rings. The second kappa shape index (κ2) is 3.42. The van der Waals surface area contributed by atoms with Crippen LogP contribution in [0.15, 0.2) is 18.2 Å². The summed E-state index contributed by atoms with van der Waals surface area (Å²) >= 11 is 0. The first-order chi connectivity index (χ1) is 6.27. The summed E-state index contributed by atoms with van der Waals surface area (Å²) in [5, 5.41) is 3.23. The van der Waals surface area contributed by atoms with Crippen molar-refractivity contribution in [1.29, 1.82) is 0 Å². The lowest BCUT2D eigenvalue weighted by atomic mass is 10.1. The molecule has 1 aromatic carbocycles. The minimum atomic E-state index is -0.776. The third-order valence-corrected chi connectivity index (χ3v) is 2.41. The number of hydrogen-bond acceptors (Lipinski definition) is 1. The first-order valence-corrected chi connectivity index (χ1v) is 4.46. The van der Waals surface area contributed by atoms with Crippen molar-refractivity contribution in [3.8, 4) is 0 Å². The number of rotatable bonds is 1. The van der Waals surface area contributed by atoms with E-state index in [0.717, 1.165) is 24.9 Å². The largest absolute Gasteiger partial charge is 0.310 e. The molecule has 0 bridgehead atoms. The van der Waals surface area contributed by atoms with Gasteiger partial charge in [-0.25, -0.2) is 8.78 Å². The number of benzene rings is 1. The summed E-state index contributed by atoms with van der Waals surface area (Å²) in [6.45, 7) is 0.962. The van der Waals surface area contributed by atoms with Gasteiger partial charge in [0.05, 0.1) is 0 Å². The lowest BCUT2D eigenvalue weighted by Crippen LogP contribution is -2.13. The SMILES string of the molecule is Fc1ccc(C2CCCN2)cc1F. The van der Waals surface area contributed by atoms with E-state index in [1.54, 1.807) is 6.07 Å². The maximum Gasteiger partial charge on any atom is 0.159 e. The standard InChI is InChI=1S/C10H11F2N/c11-8-4-3-7(6-9(8)12)10-2-1-5-13-10/h3-4,6,10,13H,1-2,5H2. The molecule has 1 unspecified atom stereocenters. The molecule has 1 aliphatic heterocycles. The van der Waals surface area contributed by atoms with E-state index in [4.69, 9.17) is 0 Å². The molecular formula is C10H11F2N. The quantitative estimate of drug-likeness (QED) is 0.704. The van der Waals surface area contributed by atoms with Crippen molar-refractivity contribution in [3.05, 3.63) is 35.4 Å². The van der Waals surface area contributed by atoms with Gasteiger partial charge in [0.25, 0.3) is 0 Å². The summed E-state index contributed by atoms with van der Waals surface area (Å²) < 4.78 is 25.4. The zero-order valence-corrected chi connectivity index (χ0v) is 7.19. The molecule has 0 aromatic heterocycles. The molecule has 0 radical (unpaired) electrons. The Morgan fingerprint density at radius 1 is 1.23 bits per heavy atom. The Hall–Kier alpha value is -0.960. The maximum atomic E-state index is 12.8. The maximum absolute atomic E-state index is 12.8. The summed E-state index contributed by atoms with van der Waals surface area (Å²) in [6, 6.07) is 4.31. The van der Waals surface area contributed by atoms with Crippen molar-refractivity contribution in [2.45, 2.75) is 18.9 Å². The Morgan fingerprint density at radius 2 is 2.08 bits per heavy atom. The van der Waals surface area contributed by atoms with Crippen LogP contribution in [0.5, 0.6) is 0 Å². The van der Waals surface area contributed by atoms with Gasteiger partial charge in [0.15, 0.2) is 11.6 Å². The molecule has 13 heavy (non-hydrogen) atoms. The molecule has 3 heteroatoms. The third kappa shape index (κ3) is 1.70. The van der Waals surface area contributed by atoms with Crippen molar-refractivity contribution in [1.82, 2.24) is 5.32 Å². The van der Waals surface area contributed by atoms with E-state index >= 15 is 0 Å². The topological polar surface area (TPSA) is 12.0 Å². The van der Waals surface area contributed by atoms with Crippen LogP contribution in [0, 0.1) is 11.6 Å². The van der Waals surface area contributed by atoms with Crippen molar-refractivity contribution < 1.29 is 8.78 Å². The lowest BCUT2D eigenvalue weighted by molar-refractivity contribution is 0.503. The molecule has 0 amide bonds. The molecular weight excluding hydrogens is 172 g/mol. The van der Waals surface area contributed by atoms with E-state index in [2.05, 4.69) is 5.32 Å². The molecule has 1 saturated heterocycles. The van der Waals surface area contributed by atoms with Gasteiger partial charge >= 0.3 is 0 Å². The van der Waals surface area contributed by atoms with Crippen molar-refractivity contribution in [3.63, 3.8) is 0 Å². The first kappa shape index (κ1) is 8.63. The van der Waals surface area contributed by atoms with Crippen LogP contribution in [-0.2, 0) is 0 Å². The molecule has 0 spiro atoms. The predicted molar refractivity (Wildman–Crippen MR) is 46.3 cm³/mol. The molecule has 1 heterocycles. The van der Waals surface area contributed by atoms with Gasteiger partial charge in [-0.15, -0.1) is 0 Å². The second-order valence-corrected chi connectivity index (χ2v) is 3.32. The molecule has 70 valence electrons. The second-order valence-electron chi connectivity index (χ2n) is 3.32. The number of nitrogens with one attached hydrogen (secondary N) is 1. The summed E-state index contributed by atoms with van der Waals surface area (Å²) in [7, 11) is 0. The smallest absolute Gasteiger partial charge is 0.159 e. The fourth-order valence-electron chi connectivity index (χ4n) is 1.70. The van der Waals surface area contributed by atoms with Gasteiger partial charge in [-0.1, -0.05) is 6.07 Å². The highest BCUT2D eigenvalue weighted by atomic mass is 19.2. The Morgan fingerprint density at radius 3 is 2.69 bits per heavy atom. The van der Waals surface area contributed by atoms with Gasteiger partial charge < -0.3 is 5.32 Å². The van der Waals surface area contributed by atoms with Gasteiger partial charge in [0.1, 0.15) is 0 Å². The van der Waals surface area contributed by atoms with E-state index in [1.165, 1.54) is 12.1 Å². The highest BCUT2D eigenvalue weighted by Gasteiger charge is 2.17. The van der Waals surface area contributed by atoms with Crippen LogP contribution in [0.2, 0.25) is 0 Å². The summed E-state index contributed by atoms with van der Waals surface area (Å²) in [5.41, 5.74) is 0.844. The van der Waals surface area contributed by atoms with Crippen LogP contribution < -0.4 is 5.32 Å². The van der Waals surface area contributed by atoms with Crippen molar-refractivity contribution in [2.24, 2.45) is 0 Å². The van der Waals surface area contributed by atoms with Crippen LogP contribution in [0.3, 0.4) is 0 Å². The molecule has 1 nitrogen and oxygen atoms in total. The van der Waals surface area contributed by atoms with Crippen LogP contribution >= 0.6 is 0 Å². The van der Waals surface area contributed by atoms with Gasteiger partial charge in [-0.05, 0) is 37.1 Å². The zero-order valence-electron chi connectivity index (χ0n) is 7.19. The van der Waals surface area contributed by atoms with Crippen molar-refractivity contribution >= 4 is 0 Å². The van der Waals surface area contributed by atoms with Crippen LogP contribution in [-0.4, -0.2) is 6.54 Å². The first-order valence-electron chi connectivity index (χ1n) is 4.46. The third-order valence-electron chi connectivity index (χ3n) is 2.41. The predicted octanol–water partition coefficient (Wildman–Crippen LogP) is 2.39. The fourth-order valence-corrected chi connectivity index (χ4v) is 1.70. The lowest BCUT2D eigenvalue weighted by Gasteiger charge is -2.10. The molecule has 1 aromatic rings. The summed E-state index contributed by atoms with van der Waals surface area (Å²) in [5.74, 6) is -1.53. The molecule has 1 atom stereocenters. The van der Waals surface area contributed by atoms with Crippen molar-refractivity contribution in [2.75, 3.05) is 6.54 Å². The molecule has 2 rings (SSSR count). The number of hydrogen-bond donors (Lipinski definition) is 1. The molecule has 0 aliphatic carbocycles.